The van der Waals surface area contributed by atoms with Gasteiger partial charge in [0, 0.05) is 21.7 Å². The molecule has 0 spiro atoms. The summed E-state index contributed by atoms with van der Waals surface area (Å²) in [4.78, 5) is 4.73. The van der Waals surface area contributed by atoms with Crippen molar-refractivity contribution >= 4 is 28.1 Å². The molecule has 0 aliphatic carbocycles. The number of benzene rings is 4. The van der Waals surface area contributed by atoms with Gasteiger partial charge >= 0.3 is 0 Å². The van der Waals surface area contributed by atoms with Gasteiger partial charge in [-0.05, 0) is 59.3 Å². The SMILES string of the molecule is COc1ccc2cc(-c3nnc4n3-c3ccc(Cl)cc3C(c3ccccc3F)=NC4)ccc2c1. The molecule has 2 heterocycles. The van der Waals surface area contributed by atoms with Gasteiger partial charge in [-0.3, -0.25) is 9.56 Å². The van der Waals surface area contributed by atoms with Crippen LogP contribution in [-0.2, 0) is 6.54 Å². The zero-order valence-corrected chi connectivity index (χ0v) is 18.9. The van der Waals surface area contributed by atoms with Crippen molar-refractivity contribution in [2.24, 2.45) is 4.99 Å². The van der Waals surface area contributed by atoms with Crippen molar-refractivity contribution in [3.63, 3.8) is 0 Å². The minimum Gasteiger partial charge on any atom is -0.497 e. The first kappa shape index (κ1) is 20.6. The Bertz CT molecular complexity index is 1610. The van der Waals surface area contributed by atoms with Crippen LogP contribution in [0.15, 0.2) is 83.9 Å². The van der Waals surface area contributed by atoms with Gasteiger partial charge in [0.15, 0.2) is 11.6 Å². The second-order valence-electron chi connectivity index (χ2n) is 8.01. The summed E-state index contributed by atoms with van der Waals surface area (Å²) in [6.07, 6.45) is 0. The number of fused-ring (bicyclic) bond motifs is 4. The minimum atomic E-state index is -0.338. The molecule has 0 saturated heterocycles. The molecular formula is C27H18ClFN4O. The first-order valence-corrected chi connectivity index (χ1v) is 11.1. The second kappa shape index (κ2) is 8.08. The first-order chi connectivity index (χ1) is 16.6. The van der Waals surface area contributed by atoms with Gasteiger partial charge in [-0.25, -0.2) is 4.39 Å². The van der Waals surface area contributed by atoms with Crippen molar-refractivity contribution in [1.29, 1.82) is 0 Å². The number of aliphatic imine (C=N–C) groups is 1. The highest BCUT2D eigenvalue weighted by Gasteiger charge is 2.25. The lowest BCUT2D eigenvalue weighted by Gasteiger charge is -2.14. The van der Waals surface area contributed by atoms with Crippen molar-refractivity contribution in [2.75, 3.05) is 7.11 Å². The minimum absolute atomic E-state index is 0.258. The fraction of sp³-hybridized carbons (Fsp3) is 0.0741. The van der Waals surface area contributed by atoms with E-state index in [2.05, 4.69) is 16.3 Å². The maximum Gasteiger partial charge on any atom is 0.168 e. The largest absolute Gasteiger partial charge is 0.497 e. The Morgan fingerprint density at radius 3 is 2.56 bits per heavy atom. The third-order valence-electron chi connectivity index (χ3n) is 6.00. The third kappa shape index (κ3) is 3.35. The van der Waals surface area contributed by atoms with Crippen molar-refractivity contribution in [2.45, 2.75) is 6.54 Å². The monoisotopic (exact) mass is 468 g/mol. The number of hydrogen-bond donors (Lipinski definition) is 0. The molecule has 34 heavy (non-hydrogen) atoms. The van der Waals surface area contributed by atoms with Gasteiger partial charge in [0.2, 0.25) is 0 Å². The van der Waals surface area contributed by atoms with E-state index in [0.717, 1.165) is 33.3 Å². The molecule has 0 unspecified atom stereocenters. The van der Waals surface area contributed by atoms with Crippen LogP contribution in [-0.4, -0.2) is 27.6 Å². The molecule has 1 aliphatic rings. The molecule has 1 aromatic heterocycles. The molecule has 0 amide bonds. The Morgan fingerprint density at radius 2 is 1.71 bits per heavy atom. The normalized spacial score (nSPS) is 12.6. The number of hydrogen-bond acceptors (Lipinski definition) is 4. The highest BCUT2D eigenvalue weighted by Crippen LogP contribution is 2.33. The van der Waals surface area contributed by atoms with E-state index in [4.69, 9.17) is 21.3 Å². The van der Waals surface area contributed by atoms with Crippen LogP contribution in [0, 0.1) is 5.82 Å². The van der Waals surface area contributed by atoms with Gasteiger partial charge in [0.05, 0.1) is 18.5 Å². The molecule has 4 aromatic carbocycles. The van der Waals surface area contributed by atoms with Crippen LogP contribution in [0.2, 0.25) is 5.02 Å². The molecule has 0 atom stereocenters. The van der Waals surface area contributed by atoms with Crippen LogP contribution in [0.5, 0.6) is 5.75 Å². The van der Waals surface area contributed by atoms with Crippen LogP contribution < -0.4 is 4.74 Å². The van der Waals surface area contributed by atoms with E-state index in [1.54, 1.807) is 25.3 Å². The van der Waals surface area contributed by atoms with E-state index in [1.165, 1.54) is 6.07 Å². The molecule has 5 aromatic rings. The van der Waals surface area contributed by atoms with Gasteiger partial charge in [-0.15, -0.1) is 10.2 Å². The lowest BCUT2D eigenvalue weighted by atomic mass is 9.99. The number of methoxy groups -OCH3 is 1. The Morgan fingerprint density at radius 1 is 0.882 bits per heavy atom. The van der Waals surface area contributed by atoms with Gasteiger partial charge in [0.25, 0.3) is 0 Å². The molecule has 6 rings (SSSR count). The molecular weight excluding hydrogens is 451 g/mol. The predicted molar refractivity (Wildman–Crippen MR) is 132 cm³/mol. The van der Waals surface area contributed by atoms with E-state index in [-0.39, 0.29) is 12.4 Å². The summed E-state index contributed by atoms with van der Waals surface area (Å²) in [7, 11) is 1.66. The Balaban J connectivity index is 1.54. The molecule has 1 aliphatic heterocycles. The van der Waals surface area contributed by atoms with E-state index < -0.39 is 0 Å². The molecule has 0 N–H and O–H groups in total. The number of nitrogens with zero attached hydrogens (tertiary/aromatic N) is 4. The maximum atomic E-state index is 14.7. The highest BCUT2D eigenvalue weighted by atomic mass is 35.5. The summed E-state index contributed by atoms with van der Waals surface area (Å²) in [6.45, 7) is 0.258. The van der Waals surface area contributed by atoms with Crippen molar-refractivity contribution in [1.82, 2.24) is 14.8 Å². The lowest BCUT2D eigenvalue weighted by molar-refractivity contribution is 0.415. The van der Waals surface area contributed by atoms with Crippen LogP contribution in [0.1, 0.15) is 17.0 Å². The van der Waals surface area contributed by atoms with Crippen LogP contribution in [0.4, 0.5) is 4.39 Å². The Hall–Kier alpha value is -4.03. The molecule has 5 nitrogen and oxygen atoms in total. The van der Waals surface area contributed by atoms with E-state index in [0.29, 0.717) is 27.9 Å². The van der Waals surface area contributed by atoms with Crippen molar-refractivity contribution in [3.05, 3.63) is 107 Å². The smallest absolute Gasteiger partial charge is 0.168 e. The van der Waals surface area contributed by atoms with Crippen LogP contribution >= 0.6 is 11.6 Å². The zero-order valence-electron chi connectivity index (χ0n) is 18.2. The molecule has 0 radical (unpaired) electrons. The summed E-state index contributed by atoms with van der Waals surface area (Å²) < 4.78 is 22.1. The molecule has 0 fully saturated rings. The molecule has 0 bridgehead atoms. The standard InChI is InChI=1S/C27H18ClFN4O/c1-34-20-10-8-16-12-18(7-6-17(16)13-20)27-32-31-25-15-30-26(21-4-2-3-5-23(21)29)22-14-19(28)9-11-24(22)33(25)27/h2-14H,15H2,1H3. The van der Waals surface area contributed by atoms with E-state index in [9.17, 15) is 4.39 Å². The van der Waals surface area contributed by atoms with Gasteiger partial charge in [0.1, 0.15) is 18.1 Å². The lowest BCUT2D eigenvalue weighted by Crippen LogP contribution is -2.09. The van der Waals surface area contributed by atoms with Gasteiger partial charge < -0.3 is 4.74 Å². The fourth-order valence-corrected chi connectivity index (χ4v) is 4.53. The summed E-state index contributed by atoms with van der Waals surface area (Å²) >= 11 is 6.37. The Kier molecular flexibility index (Phi) is 4.89. The summed E-state index contributed by atoms with van der Waals surface area (Å²) in [6, 6.07) is 24.2. The van der Waals surface area contributed by atoms with Crippen molar-refractivity contribution in [3.8, 4) is 22.8 Å². The molecule has 7 heteroatoms. The molecule has 166 valence electrons. The maximum absolute atomic E-state index is 14.7. The van der Waals surface area contributed by atoms with E-state index in [1.807, 2.05) is 53.1 Å². The zero-order chi connectivity index (χ0) is 23.2. The number of halogens is 2. The van der Waals surface area contributed by atoms with Crippen LogP contribution in [0.25, 0.3) is 27.8 Å². The number of aromatic nitrogens is 3. The average molecular weight is 469 g/mol. The topological polar surface area (TPSA) is 52.3 Å². The summed E-state index contributed by atoms with van der Waals surface area (Å²) in [5.41, 5.74) is 3.40. The highest BCUT2D eigenvalue weighted by molar-refractivity contribution is 6.31. The van der Waals surface area contributed by atoms with Crippen molar-refractivity contribution < 1.29 is 9.13 Å². The molecule has 0 saturated carbocycles. The third-order valence-corrected chi connectivity index (χ3v) is 6.23. The number of rotatable bonds is 3. The Labute approximate surface area is 200 Å². The van der Waals surface area contributed by atoms with Gasteiger partial charge in [-0.2, -0.15) is 0 Å². The van der Waals surface area contributed by atoms with Gasteiger partial charge in [-0.1, -0.05) is 41.9 Å². The number of ether oxygens (including phenoxy) is 1. The average Bonchev–Trinajstić information content (AvgIpc) is 3.21. The quantitative estimate of drug-likeness (QED) is 0.315. The fourth-order valence-electron chi connectivity index (χ4n) is 4.36. The van der Waals surface area contributed by atoms with Crippen LogP contribution in [0.3, 0.4) is 0 Å². The first-order valence-electron chi connectivity index (χ1n) is 10.7. The summed E-state index contributed by atoms with van der Waals surface area (Å²) in [5, 5.41) is 11.6. The van der Waals surface area contributed by atoms with E-state index >= 15 is 0 Å². The summed E-state index contributed by atoms with van der Waals surface area (Å²) in [5.74, 6) is 1.82. The second-order valence-corrected chi connectivity index (χ2v) is 8.45. The predicted octanol–water partition coefficient (Wildman–Crippen LogP) is 6.24.